The first-order chi connectivity index (χ1) is 18.7. The molecule has 4 aromatic rings. The zero-order chi connectivity index (χ0) is 28.0. The van der Waals surface area contributed by atoms with Crippen molar-refractivity contribution in [2.75, 3.05) is 6.61 Å². The molecule has 2 aromatic carbocycles. The van der Waals surface area contributed by atoms with E-state index in [0.29, 0.717) is 26.5 Å². The average molecular weight is 542 g/mol. The first-order valence-corrected chi connectivity index (χ1v) is 14.4. The van der Waals surface area contributed by atoms with Gasteiger partial charge in [-0.05, 0) is 69.9 Å². The number of rotatable bonds is 6. The van der Waals surface area contributed by atoms with Crippen LogP contribution in [0.4, 0.5) is 0 Å². The first kappa shape index (κ1) is 26.9. The Hall–Kier alpha value is -3.71. The van der Waals surface area contributed by atoms with Gasteiger partial charge in [0.15, 0.2) is 4.80 Å². The molecule has 7 heteroatoms. The standard InChI is InChI=1S/C32H35N3O3S/c1-8-34-21(7)24(25-16-19(5)10-15-26(25)34)17-27-30(36)35-29(23-13-11-22(12-14-23)18(3)4)28(31(37)38-9-2)20(6)33-32(35)39-27/h10-18,29H,8-9H2,1-7H3/b27-17-/t29-/m0/s1. The molecule has 1 aliphatic rings. The lowest BCUT2D eigenvalue weighted by molar-refractivity contribution is -0.139. The van der Waals surface area contributed by atoms with E-state index in [-0.39, 0.29) is 12.2 Å². The van der Waals surface area contributed by atoms with Gasteiger partial charge >= 0.3 is 5.97 Å². The van der Waals surface area contributed by atoms with E-state index in [1.165, 1.54) is 22.5 Å². The van der Waals surface area contributed by atoms with Crippen LogP contribution in [0.1, 0.15) is 74.5 Å². The van der Waals surface area contributed by atoms with Crippen LogP contribution in [0.25, 0.3) is 17.0 Å². The highest BCUT2D eigenvalue weighted by Gasteiger charge is 2.33. The molecular formula is C32H35N3O3S. The summed E-state index contributed by atoms with van der Waals surface area (Å²) in [6.07, 6.45) is 2.00. The molecule has 202 valence electrons. The fourth-order valence-corrected chi connectivity index (χ4v) is 6.54. The molecular weight excluding hydrogens is 506 g/mol. The third kappa shape index (κ3) is 4.59. The number of allylic oxidation sites excluding steroid dienone is 1. The van der Waals surface area contributed by atoms with Gasteiger partial charge in [-0.15, -0.1) is 0 Å². The topological polar surface area (TPSA) is 65.6 Å². The minimum Gasteiger partial charge on any atom is -0.463 e. The van der Waals surface area contributed by atoms with Crippen molar-refractivity contribution in [1.29, 1.82) is 0 Å². The summed E-state index contributed by atoms with van der Waals surface area (Å²) in [5.41, 5.74) is 7.37. The van der Waals surface area contributed by atoms with Gasteiger partial charge in [0.2, 0.25) is 0 Å². The molecule has 2 aromatic heterocycles. The molecule has 0 radical (unpaired) electrons. The lowest BCUT2D eigenvalue weighted by atomic mass is 9.93. The second kappa shape index (κ2) is 10.5. The van der Waals surface area contributed by atoms with Gasteiger partial charge in [0.05, 0.1) is 28.5 Å². The Balaban J connectivity index is 1.76. The summed E-state index contributed by atoms with van der Waals surface area (Å²) in [6, 6.07) is 14.0. The highest BCUT2D eigenvalue weighted by atomic mass is 32.1. The summed E-state index contributed by atoms with van der Waals surface area (Å²) >= 11 is 1.37. The zero-order valence-electron chi connectivity index (χ0n) is 23.7. The minimum atomic E-state index is -0.607. The van der Waals surface area contributed by atoms with Crippen molar-refractivity contribution >= 4 is 34.3 Å². The number of carbonyl (C=O) groups is 1. The van der Waals surface area contributed by atoms with E-state index >= 15 is 0 Å². The van der Waals surface area contributed by atoms with Crippen LogP contribution in [-0.4, -0.2) is 21.7 Å². The Kier molecular flexibility index (Phi) is 7.21. The number of ether oxygens (including phenoxy) is 1. The fraction of sp³-hybridized carbons (Fsp3) is 0.344. The zero-order valence-corrected chi connectivity index (χ0v) is 24.5. The van der Waals surface area contributed by atoms with E-state index in [0.717, 1.165) is 34.3 Å². The molecule has 0 saturated carbocycles. The summed E-state index contributed by atoms with van der Waals surface area (Å²) in [7, 11) is 0. The number of esters is 1. The lowest BCUT2D eigenvalue weighted by Crippen LogP contribution is -2.40. The van der Waals surface area contributed by atoms with E-state index in [9.17, 15) is 9.59 Å². The maximum atomic E-state index is 14.1. The Morgan fingerprint density at radius 1 is 1.10 bits per heavy atom. The Morgan fingerprint density at radius 3 is 2.46 bits per heavy atom. The number of carbonyl (C=O) groups excluding carboxylic acids is 1. The normalized spacial score (nSPS) is 15.7. The van der Waals surface area contributed by atoms with Gasteiger partial charge in [0.1, 0.15) is 0 Å². The fourth-order valence-electron chi connectivity index (χ4n) is 5.51. The number of benzene rings is 2. The number of hydrogen-bond acceptors (Lipinski definition) is 5. The third-order valence-electron chi connectivity index (χ3n) is 7.56. The molecule has 0 amide bonds. The summed E-state index contributed by atoms with van der Waals surface area (Å²) in [5.74, 6) is -0.0664. The van der Waals surface area contributed by atoms with E-state index in [4.69, 9.17) is 9.73 Å². The van der Waals surface area contributed by atoms with Crippen molar-refractivity contribution < 1.29 is 9.53 Å². The van der Waals surface area contributed by atoms with Crippen molar-refractivity contribution in [2.24, 2.45) is 4.99 Å². The number of aromatic nitrogens is 2. The molecule has 0 unspecified atom stereocenters. The van der Waals surface area contributed by atoms with Crippen molar-refractivity contribution in [1.82, 2.24) is 9.13 Å². The van der Waals surface area contributed by atoms with Crippen LogP contribution in [0, 0.1) is 13.8 Å². The highest BCUT2D eigenvalue weighted by Crippen LogP contribution is 2.32. The van der Waals surface area contributed by atoms with Crippen LogP contribution in [0.2, 0.25) is 0 Å². The number of fused-ring (bicyclic) bond motifs is 2. The largest absolute Gasteiger partial charge is 0.463 e. The van der Waals surface area contributed by atoms with Crippen LogP contribution in [0.5, 0.6) is 0 Å². The van der Waals surface area contributed by atoms with Crippen molar-refractivity contribution in [3.63, 3.8) is 0 Å². The van der Waals surface area contributed by atoms with Crippen molar-refractivity contribution in [3.8, 4) is 0 Å². The van der Waals surface area contributed by atoms with E-state index in [2.05, 4.69) is 69.5 Å². The Bertz CT molecular complexity index is 1800. The minimum absolute atomic E-state index is 0.157. The maximum absolute atomic E-state index is 14.1. The second-order valence-corrected chi connectivity index (χ2v) is 11.4. The van der Waals surface area contributed by atoms with Gasteiger partial charge in [0, 0.05) is 28.7 Å². The average Bonchev–Trinajstić information content (AvgIpc) is 3.35. The van der Waals surface area contributed by atoms with Crippen molar-refractivity contribution in [3.05, 3.63) is 101 Å². The van der Waals surface area contributed by atoms with Crippen LogP contribution in [0.15, 0.2) is 63.5 Å². The van der Waals surface area contributed by atoms with Crippen LogP contribution in [-0.2, 0) is 16.1 Å². The summed E-state index contributed by atoms with van der Waals surface area (Å²) < 4.78 is 9.97. The molecule has 39 heavy (non-hydrogen) atoms. The predicted molar refractivity (Wildman–Crippen MR) is 158 cm³/mol. The van der Waals surface area contributed by atoms with Crippen LogP contribution in [0.3, 0.4) is 0 Å². The molecule has 0 spiro atoms. The Labute approximate surface area is 232 Å². The van der Waals surface area contributed by atoms with Gasteiger partial charge in [-0.25, -0.2) is 9.79 Å². The molecule has 5 rings (SSSR count). The van der Waals surface area contributed by atoms with E-state index in [1.807, 2.05) is 25.1 Å². The van der Waals surface area contributed by atoms with Gasteiger partial charge in [-0.2, -0.15) is 0 Å². The third-order valence-corrected chi connectivity index (χ3v) is 8.54. The number of thiazole rings is 1. The summed E-state index contributed by atoms with van der Waals surface area (Å²) in [6.45, 7) is 15.3. The molecule has 3 heterocycles. The van der Waals surface area contributed by atoms with Gasteiger partial charge < -0.3 is 9.30 Å². The van der Waals surface area contributed by atoms with Crippen LogP contribution < -0.4 is 14.9 Å². The molecule has 1 atom stereocenters. The first-order valence-electron chi connectivity index (χ1n) is 13.5. The number of aryl methyl sites for hydroxylation is 2. The number of nitrogens with zero attached hydrogens (tertiary/aromatic N) is 3. The smallest absolute Gasteiger partial charge is 0.338 e. The maximum Gasteiger partial charge on any atom is 0.338 e. The van der Waals surface area contributed by atoms with Crippen molar-refractivity contribution in [2.45, 2.75) is 67.0 Å². The molecule has 0 fully saturated rings. The lowest BCUT2D eigenvalue weighted by Gasteiger charge is -2.25. The summed E-state index contributed by atoms with van der Waals surface area (Å²) in [5, 5.41) is 1.13. The molecule has 0 N–H and O–H groups in total. The summed E-state index contributed by atoms with van der Waals surface area (Å²) in [4.78, 5) is 32.6. The molecule has 0 aliphatic carbocycles. The molecule has 0 bridgehead atoms. The van der Waals surface area contributed by atoms with Gasteiger partial charge in [-0.3, -0.25) is 9.36 Å². The van der Waals surface area contributed by atoms with Crippen LogP contribution >= 0.6 is 11.3 Å². The van der Waals surface area contributed by atoms with E-state index in [1.54, 1.807) is 11.5 Å². The van der Waals surface area contributed by atoms with Gasteiger partial charge in [-0.1, -0.05) is 61.1 Å². The molecule has 6 nitrogen and oxygen atoms in total. The molecule has 0 saturated heterocycles. The SMILES string of the molecule is CCOC(=O)C1=C(C)N=c2s/c(=C\c3c(C)n(CC)c4ccc(C)cc34)c(=O)n2[C@H]1c1ccc(C(C)C)cc1. The molecule has 1 aliphatic heterocycles. The number of hydrogen-bond donors (Lipinski definition) is 0. The highest BCUT2D eigenvalue weighted by molar-refractivity contribution is 7.07. The quantitative estimate of drug-likeness (QED) is 0.302. The second-order valence-electron chi connectivity index (χ2n) is 10.4. The van der Waals surface area contributed by atoms with Gasteiger partial charge in [0.25, 0.3) is 5.56 Å². The Morgan fingerprint density at radius 2 is 1.82 bits per heavy atom. The monoisotopic (exact) mass is 541 g/mol. The van der Waals surface area contributed by atoms with E-state index < -0.39 is 12.0 Å². The predicted octanol–water partition coefficient (Wildman–Crippen LogP) is 5.51.